The highest BCUT2D eigenvalue weighted by atomic mass is 15.1. The molecule has 0 saturated carbocycles. The van der Waals surface area contributed by atoms with Gasteiger partial charge in [-0.3, -0.25) is 0 Å². The average Bonchev–Trinajstić information content (AvgIpc) is 2.81. The summed E-state index contributed by atoms with van der Waals surface area (Å²) in [6, 6.07) is 16.7. The summed E-state index contributed by atoms with van der Waals surface area (Å²) in [6.07, 6.45) is 0. The van der Waals surface area contributed by atoms with Crippen LogP contribution in [0.4, 0.5) is 5.69 Å². The van der Waals surface area contributed by atoms with E-state index in [1.807, 2.05) is 12.1 Å². The summed E-state index contributed by atoms with van der Waals surface area (Å²) < 4.78 is 0. The molecule has 0 bridgehead atoms. The predicted molar refractivity (Wildman–Crippen MR) is 72.2 cm³/mol. The molecule has 0 saturated heterocycles. The molecule has 0 unspecified atom stereocenters. The second-order valence-corrected chi connectivity index (χ2v) is 4.71. The van der Waals surface area contributed by atoms with Crippen molar-refractivity contribution in [2.75, 3.05) is 4.90 Å². The number of benzene rings is 2. The van der Waals surface area contributed by atoms with Crippen molar-refractivity contribution in [1.29, 1.82) is 5.26 Å². The summed E-state index contributed by atoms with van der Waals surface area (Å²) in [5.74, 6) is 0. The van der Waals surface area contributed by atoms with Gasteiger partial charge < -0.3 is 4.90 Å². The minimum atomic E-state index is 0.766. The molecule has 0 amide bonds. The molecule has 2 aromatic rings. The molecule has 0 N–H and O–H groups in total. The number of nitrogens with zero attached hydrogens (tertiary/aromatic N) is 2. The zero-order valence-electron chi connectivity index (χ0n) is 10.4. The number of rotatable bonds is 1. The van der Waals surface area contributed by atoms with E-state index in [4.69, 9.17) is 0 Å². The van der Waals surface area contributed by atoms with Crippen molar-refractivity contribution in [1.82, 2.24) is 0 Å². The van der Waals surface area contributed by atoms with Crippen LogP contribution in [0.2, 0.25) is 0 Å². The number of aryl methyl sites for hydroxylation is 1. The monoisotopic (exact) mass is 234 g/mol. The summed E-state index contributed by atoms with van der Waals surface area (Å²) in [5.41, 5.74) is 5.75. The molecule has 0 atom stereocenters. The first-order valence-corrected chi connectivity index (χ1v) is 6.11. The third-order valence-corrected chi connectivity index (χ3v) is 3.52. The fraction of sp³-hybridized carbons (Fsp3) is 0.188. The molecule has 1 heterocycles. The van der Waals surface area contributed by atoms with Crippen molar-refractivity contribution in [2.24, 2.45) is 0 Å². The Bertz CT molecular complexity index is 613. The number of nitriles is 1. The highest BCUT2D eigenvalue weighted by molar-refractivity contribution is 5.65. The van der Waals surface area contributed by atoms with Gasteiger partial charge in [0.15, 0.2) is 0 Å². The molecule has 1 aliphatic heterocycles. The minimum absolute atomic E-state index is 0.766. The minimum Gasteiger partial charge on any atom is -0.362 e. The van der Waals surface area contributed by atoms with Gasteiger partial charge in [0, 0.05) is 13.1 Å². The molecule has 0 fully saturated rings. The summed E-state index contributed by atoms with van der Waals surface area (Å²) in [4.78, 5) is 2.29. The Hall–Kier alpha value is -2.27. The lowest BCUT2D eigenvalue weighted by Crippen LogP contribution is -2.17. The van der Waals surface area contributed by atoms with Crippen molar-refractivity contribution < 1.29 is 0 Å². The summed E-state index contributed by atoms with van der Waals surface area (Å²) in [6.45, 7) is 3.87. The molecule has 0 spiro atoms. The fourth-order valence-electron chi connectivity index (χ4n) is 2.66. The van der Waals surface area contributed by atoms with Gasteiger partial charge in [-0.15, -0.1) is 0 Å². The number of anilines is 1. The van der Waals surface area contributed by atoms with Crippen LogP contribution < -0.4 is 4.90 Å². The second-order valence-electron chi connectivity index (χ2n) is 4.71. The van der Waals surface area contributed by atoms with Gasteiger partial charge >= 0.3 is 0 Å². The van der Waals surface area contributed by atoms with E-state index in [1.165, 1.54) is 16.7 Å². The van der Waals surface area contributed by atoms with E-state index in [0.29, 0.717) is 0 Å². The highest BCUT2D eigenvalue weighted by Crippen LogP contribution is 2.32. The van der Waals surface area contributed by atoms with Crippen LogP contribution in [0.3, 0.4) is 0 Å². The number of hydrogen-bond acceptors (Lipinski definition) is 2. The van der Waals surface area contributed by atoms with E-state index >= 15 is 0 Å². The molecular weight excluding hydrogens is 220 g/mol. The van der Waals surface area contributed by atoms with Crippen LogP contribution in [0.25, 0.3) is 0 Å². The van der Waals surface area contributed by atoms with Gasteiger partial charge in [0.25, 0.3) is 0 Å². The van der Waals surface area contributed by atoms with E-state index in [-0.39, 0.29) is 0 Å². The van der Waals surface area contributed by atoms with Crippen LogP contribution in [-0.4, -0.2) is 0 Å². The number of hydrogen-bond donors (Lipinski definition) is 0. The first-order chi connectivity index (χ1) is 8.79. The van der Waals surface area contributed by atoms with Gasteiger partial charge in [-0.2, -0.15) is 5.26 Å². The molecule has 2 nitrogen and oxygen atoms in total. The Labute approximate surface area is 107 Å². The zero-order valence-corrected chi connectivity index (χ0v) is 10.4. The fourth-order valence-corrected chi connectivity index (χ4v) is 2.66. The zero-order chi connectivity index (χ0) is 12.5. The molecule has 1 aliphatic rings. The Morgan fingerprint density at radius 2 is 1.67 bits per heavy atom. The Morgan fingerprint density at radius 1 is 1.00 bits per heavy atom. The van der Waals surface area contributed by atoms with Crippen LogP contribution in [0.1, 0.15) is 22.3 Å². The van der Waals surface area contributed by atoms with Crippen molar-refractivity contribution >= 4 is 5.69 Å². The van der Waals surface area contributed by atoms with Crippen molar-refractivity contribution in [3.63, 3.8) is 0 Å². The van der Waals surface area contributed by atoms with E-state index in [9.17, 15) is 5.26 Å². The largest absolute Gasteiger partial charge is 0.362 e. The first kappa shape index (κ1) is 10.9. The molecular formula is C16H14N2. The predicted octanol–water partition coefficient (Wildman–Crippen LogP) is 3.39. The van der Waals surface area contributed by atoms with Gasteiger partial charge in [0.2, 0.25) is 0 Å². The molecule has 0 aromatic heterocycles. The Morgan fingerprint density at radius 3 is 2.28 bits per heavy atom. The molecule has 18 heavy (non-hydrogen) atoms. The van der Waals surface area contributed by atoms with Crippen LogP contribution in [-0.2, 0) is 13.1 Å². The van der Waals surface area contributed by atoms with Gasteiger partial charge in [0.1, 0.15) is 6.07 Å². The topological polar surface area (TPSA) is 27.0 Å². The first-order valence-electron chi connectivity index (χ1n) is 6.11. The Kier molecular flexibility index (Phi) is 2.53. The molecule has 0 radical (unpaired) electrons. The Balaban J connectivity index is 2.03. The van der Waals surface area contributed by atoms with Gasteiger partial charge in [0.05, 0.1) is 11.3 Å². The standard InChI is InChI=1S/C16H14N2/c1-12-5-4-8-13(9-17)16(12)18-10-14-6-2-3-7-15(14)11-18/h2-8H,10-11H2,1H3. The summed E-state index contributed by atoms with van der Waals surface area (Å²) in [5, 5.41) is 9.24. The lowest BCUT2D eigenvalue weighted by molar-refractivity contribution is 0.873. The quantitative estimate of drug-likeness (QED) is 0.756. The van der Waals surface area contributed by atoms with Crippen molar-refractivity contribution in [3.8, 4) is 6.07 Å². The van der Waals surface area contributed by atoms with E-state index in [0.717, 1.165) is 24.3 Å². The van der Waals surface area contributed by atoms with Crippen LogP contribution in [0, 0.1) is 18.3 Å². The van der Waals surface area contributed by atoms with Crippen molar-refractivity contribution in [3.05, 3.63) is 64.7 Å². The van der Waals surface area contributed by atoms with E-state index in [1.54, 1.807) is 0 Å². The van der Waals surface area contributed by atoms with Crippen LogP contribution >= 0.6 is 0 Å². The second kappa shape index (κ2) is 4.19. The van der Waals surface area contributed by atoms with E-state index in [2.05, 4.69) is 48.2 Å². The molecule has 2 heteroatoms. The smallest absolute Gasteiger partial charge is 0.101 e. The molecule has 2 aromatic carbocycles. The SMILES string of the molecule is Cc1cccc(C#N)c1N1Cc2ccccc2C1. The maximum Gasteiger partial charge on any atom is 0.101 e. The third kappa shape index (κ3) is 1.65. The maximum atomic E-state index is 9.24. The summed E-state index contributed by atoms with van der Waals surface area (Å²) in [7, 11) is 0. The number of para-hydroxylation sites is 1. The average molecular weight is 234 g/mol. The lowest BCUT2D eigenvalue weighted by atomic mass is 10.1. The third-order valence-electron chi connectivity index (χ3n) is 3.52. The van der Waals surface area contributed by atoms with E-state index < -0.39 is 0 Å². The highest BCUT2D eigenvalue weighted by Gasteiger charge is 2.21. The summed E-state index contributed by atoms with van der Waals surface area (Å²) >= 11 is 0. The molecule has 3 rings (SSSR count). The van der Waals surface area contributed by atoms with Crippen molar-refractivity contribution in [2.45, 2.75) is 20.0 Å². The van der Waals surface area contributed by atoms with Gasteiger partial charge in [-0.05, 0) is 29.7 Å². The van der Waals surface area contributed by atoms with Crippen LogP contribution in [0.5, 0.6) is 0 Å². The maximum absolute atomic E-state index is 9.24. The number of fused-ring (bicyclic) bond motifs is 1. The molecule has 0 aliphatic carbocycles. The van der Waals surface area contributed by atoms with Gasteiger partial charge in [-0.1, -0.05) is 36.4 Å². The van der Waals surface area contributed by atoms with Crippen LogP contribution in [0.15, 0.2) is 42.5 Å². The van der Waals surface area contributed by atoms with Gasteiger partial charge in [-0.25, -0.2) is 0 Å². The normalized spacial score (nSPS) is 13.2. The lowest BCUT2D eigenvalue weighted by Gasteiger charge is -2.21. The molecule has 88 valence electrons.